The van der Waals surface area contributed by atoms with Gasteiger partial charge >= 0.3 is 37.2 Å². The monoisotopic (exact) mass is 397 g/mol. The summed E-state index contributed by atoms with van der Waals surface area (Å²) in [5.41, 5.74) is -0.217. The van der Waals surface area contributed by atoms with Gasteiger partial charge in [0.15, 0.2) is 5.03 Å². The third kappa shape index (κ3) is 6.48. The van der Waals surface area contributed by atoms with Crippen molar-refractivity contribution in [2.45, 2.75) is 5.03 Å². The van der Waals surface area contributed by atoms with Crippen LogP contribution in [0, 0.1) is 10.1 Å². The molecule has 1 aromatic carbocycles. The number of aromatic nitrogens is 1. The van der Waals surface area contributed by atoms with Crippen molar-refractivity contribution in [3.8, 4) is 5.75 Å². The van der Waals surface area contributed by atoms with Gasteiger partial charge in [0.05, 0.1) is 4.92 Å². The third-order valence-electron chi connectivity index (χ3n) is 2.66. The first-order valence-corrected chi connectivity index (χ1v) is 9.61. The van der Waals surface area contributed by atoms with Gasteiger partial charge < -0.3 is 9.42 Å². The predicted molar refractivity (Wildman–Crippen MR) is 90.1 cm³/mol. The van der Waals surface area contributed by atoms with Gasteiger partial charge in [-0.2, -0.15) is 4.72 Å². The van der Waals surface area contributed by atoms with E-state index in [1.807, 2.05) is 4.72 Å². The van der Waals surface area contributed by atoms with Crippen molar-refractivity contribution in [1.29, 1.82) is 0 Å². The molecule has 2 rings (SSSR count). The molecular formula is C12H13N3NaO7PS. The quantitative estimate of drug-likeness (QED) is 0.302. The molecule has 25 heavy (non-hydrogen) atoms. The Hall–Kier alpha value is -1.33. The van der Waals surface area contributed by atoms with Crippen LogP contribution in [0.4, 0.5) is 5.69 Å². The van der Waals surface area contributed by atoms with Gasteiger partial charge in [-0.05, 0) is 24.3 Å². The molecule has 1 heterocycles. The molecular weight excluding hydrogens is 384 g/mol. The predicted octanol–water partition coefficient (Wildman–Crippen LogP) is 0.841. The average molecular weight is 397 g/mol. The molecule has 130 valence electrons. The number of non-ortho nitro benzene ring substituents is 1. The molecule has 1 unspecified atom stereocenters. The van der Waals surface area contributed by atoms with E-state index in [0.29, 0.717) is 0 Å². The van der Waals surface area contributed by atoms with Crippen molar-refractivity contribution in [1.82, 2.24) is 9.71 Å². The van der Waals surface area contributed by atoms with Crippen LogP contribution >= 0.6 is 7.60 Å². The van der Waals surface area contributed by atoms with E-state index < -0.39 is 28.8 Å². The second-order valence-corrected chi connectivity index (χ2v) is 7.94. The number of nitrogens with one attached hydrogen (secondary N) is 1. The molecule has 0 radical (unpaired) electrons. The van der Waals surface area contributed by atoms with E-state index in [0.717, 1.165) is 24.3 Å². The Labute approximate surface area is 165 Å². The number of hydrogen-bond donors (Lipinski definition) is 2. The van der Waals surface area contributed by atoms with Gasteiger partial charge in [0.1, 0.15) is 12.0 Å². The number of benzene rings is 1. The van der Waals surface area contributed by atoms with E-state index in [2.05, 4.69) is 4.98 Å². The first kappa shape index (κ1) is 21.7. The van der Waals surface area contributed by atoms with Crippen LogP contribution in [0.25, 0.3) is 0 Å². The molecule has 0 saturated heterocycles. The second kappa shape index (κ2) is 8.86. The van der Waals surface area contributed by atoms with Crippen molar-refractivity contribution in [3.05, 3.63) is 58.8 Å². The summed E-state index contributed by atoms with van der Waals surface area (Å²) >= 11 is 0. The molecule has 2 aromatic rings. The van der Waals surface area contributed by atoms with Gasteiger partial charge in [0.2, 0.25) is 0 Å². The molecule has 0 saturated carbocycles. The number of nitrogens with zero attached hydrogens (tertiary/aromatic N) is 2. The summed E-state index contributed by atoms with van der Waals surface area (Å²) in [5, 5.41) is 10.2. The average Bonchev–Trinajstić information content (AvgIpc) is 2.54. The van der Waals surface area contributed by atoms with Gasteiger partial charge in [0.25, 0.3) is 15.7 Å². The molecule has 0 aliphatic heterocycles. The van der Waals surface area contributed by atoms with Crippen LogP contribution in [-0.2, 0) is 14.6 Å². The van der Waals surface area contributed by atoms with Gasteiger partial charge in [-0.25, -0.2) is 18.0 Å². The molecule has 0 aliphatic rings. The van der Waals surface area contributed by atoms with E-state index in [9.17, 15) is 28.0 Å². The standard InChI is InChI=1S/C12H12N3O7PS.Na.H/c16-15(17)10-4-6-11(7-5-10)22-23(18,19)9-14-24(20,21)12-3-1-2-8-13-12;;/h1-8,14H,9H2,(H,18,19);;. The fourth-order valence-corrected chi connectivity index (χ4v) is 4.03. The summed E-state index contributed by atoms with van der Waals surface area (Å²) < 4.78 is 42.5. The molecule has 0 bridgehead atoms. The molecule has 1 aromatic heterocycles. The zero-order valence-corrected chi connectivity index (χ0v) is 13.7. The fraction of sp³-hybridized carbons (Fsp3) is 0.0833. The van der Waals surface area contributed by atoms with Crippen molar-refractivity contribution in [2.75, 3.05) is 6.29 Å². The first-order valence-electron chi connectivity index (χ1n) is 6.36. The summed E-state index contributed by atoms with van der Waals surface area (Å²) in [4.78, 5) is 23.2. The summed E-state index contributed by atoms with van der Waals surface area (Å²) in [6.07, 6.45) is 0.378. The zero-order valence-electron chi connectivity index (χ0n) is 12.0. The van der Waals surface area contributed by atoms with Crippen molar-refractivity contribution >= 4 is 52.9 Å². The summed E-state index contributed by atoms with van der Waals surface area (Å²) in [6, 6.07) is 8.65. The molecule has 10 nitrogen and oxygen atoms in total. The minimum absolute atomic E-state index is 0. The van der Waals surface area contributed by atoms with Crippen molar-refractivity contribution < 1.29 is 27.3 Å². The topological polar surface area (TPSA) is 149 Å². The Balaban J connectivity index is 0.00000312. The Morgan fingerprint density at radius 1 is 1.24 bits per heavy atom. The number of nitro groups is 1. The van der Waals surface area contributed by atoms with Crippen LogP contribution < -0.4 is 9.25 Å². The van der Waals surface area contributed by atoms with Crippen molar-refractivity contribution in [2.24, 2.45) is 0 Å². The molecule has 0 aliphatic carbocycles. The van der Waals surface area contributed by atoms with Gasteiger partial charge in [-0.3, -0.25) is 10.1 Å². The Kier molecular flexibility index (Phi) is 7.69. The third-order valence-corrected chi connectivity index (χ3v) is 5.25. The normalized spacial score (nSPS) is 13.3. The Morgan fingerprint density at radius 2 is 1.88 bits per heavy atom. The van der Waals surface area contributed by atoms with E-state index in [1.54, 1.807) is 0 Å². The fourth-order valence-electron chi connectivity index (χ4n) is 1.57. The van der Waals surface area contributed by atoms with Crippen LogP contribution in [-0.4, -0.2) is 59.1 Å². The molecule has 0 amide bonds. The summed E-state index contributed by atoms with van der Waals surface area (Å²) in [6.45, 7) is 0. The minimum atomic E-state index is -4.36. The molecule has 0 spiro atoms. The summed E-state index contributed by atoms with van der Waals surface area (Å²) in [5.74, 6) is -0.108. The number of hydrogen-bond acceptors (Lipinski definition) is 7. The second-order valence-electron chi connectivity index (χ2n) is 4.45. The summed E-state index contributed by atoms with van der Waals surface area (Å²) in [7, 11) is -8.42. The van der Waals surface area contributed by atoms with Crippen molar-refractivity contribution in [3.63, 3.8) is 0 Å². The Bertz CT molecular complexity index is 877. The SMILES string of the molecule is O=[N+]([O-])c1ccc(OP(=O)(O)CNS(=O)(=O)c2ccccn2)cc1.[NaH]. The van der Waals surface area contributed by atoms with Crippen LogP contribution in [0.5, 0.6) is 5.75 Å². The zero-order chi connectivity index (χ0) is 17.8. The van der Waals surface area contributed by atoms with E-state index in [-0.39, 0.29) is 46.0 Å². The molecule has 2 N–H and O–H groups in total. The van der Waals surface area contributed by atoms with Gasteiger partial charge in [0, 0.05) is 18.3 Å². The maximum atomic E-state index is 11.9. The number of nitro benzene ring substituents is 1. The molecule has 1 atom stereocenters. The number of rotatable bonds is 7. The molecule has 13 heteroatoms. The van der Waals surface area contributed by atoms with E-state index in [4.69, 9.17) is 4.52 Å². The van der Waals surface area contributed by atoms with E-state index >= 15 is 0 Å². The number of pyridine rings is 1. The van der Waals surface area contributed by atoms with Crippen LogP contribution in [0.3, 0.4) is 0 Å². The Morgan fingerprint density at radius 3 is 2.40 bits per heavy atom. The maximum absolute atomic E-state index is 11.9. The number of sulfonamides is 1. The van der Waals surface area contributed by atoms with Crippen LogP contribution in [0.15, 0.2) is 53.7 Å². The van der Waals surface area contributed by atoms with E-state index in [1.165, 1.54) is 24.4 Å². The molecule has 0 fully saturated rings. The van der Waals surface area contributed by atoms with Crippen LogP contribution in [0.1, 0.15) is 0 Å². The van der Waals surface area contributed by atoms with Gasteiger partial charge in [-0.1, -0.05) is 6.07 Å². The first-order chi connectivity index (χ1) is 11.2. The van der Waals surface area contributed by atoms with Crippen LogP contribution in [0.2, 0.25) is 0 Å². The van der Waals surface area contributed by atoms with Gasteiger partial charge in [-0.15, -0.1) is 0 Å².